The van der Waals surface area contributed by atoms with Crippen LogP contribution in [-0.2, 0) is 21.0 Å². The van der Waals surface area contributed by atoms with Crippen molar-refractivity contribution in [2.75, 3.05) is 13.1 Å². The van der Waals surface area contributed by atoms with Crippen LogP contribution in [0.15, 0.2) is 27.6 Å². The Morgan fingerprint density at radius 1 is 1.13 bits per heavy atom. The lowest BCUT2D eigenvalue weighted by Gasteiger charge is -2.25. The smallest absolute Gasteiger partial charge is 0.300 e. The number of carbonyl (C=O) groups excluding carboxylic acids is 1. The number of benzene rings is 1. The van der Waals surface area contributed by atoms with E-state index in [0.29, 0.717) is 6.07 Å². The molecule has 1 aromatic rings. The molecule has 0 aromatic heterocycles. The Morgan fingerprint density at radius 3 is 2.13 bits per heavy atom. The summed E-state index contributed by atoms with van der Waals surface area (Å²) in [5.41, 5.74) is -1.04. The maximum Gasteiger partial charge on any atom is 0.417 e. The van der Waals surface area contributed by atoms with Gasteiger partial charge in [-0.15, -0.1) is 0 Å². The molecule has 0 aliphatic carbocycles. The van der Waals surface area contributed by atoms with Crippen LogP contribution in [0.1, 0.15) is 32.3 Å². The number of hydrogen-bond acceptors (Lipinski definition) is 3. The predicted octanol–water partition coefficient (Wildman–Crippen LogP) is 3.85. The molecular formula is C14H17BrF3NO3S. The van der Waals surface area contributed by atoms with Crippen LogP contribution in [0.4, 0.5) is 13.2 Å². The number of alkyl halides is 3. The van der Waals surface area contributed by atoms with Crippen molar-refractivity contribution >= 4 is 31.7 Å². The van der Waals surface area contributed by atoms with Gasteiger partial charge < -0.3 is 0 Å². The van der Waals surface area contributed by atoms with Crippen molar-refractivity contribution in [2.45, 2.75) is 37.8 Å². The lowest BCUT2D eigenvalue weighted by molar-refractivity contribution is -0.138. The Kier molecular flexibility index (Phi) is 6.79. The van der Waals surface area contributed by atoms with E-state index in [2.05, 4.69) is 15.9 Å². The summed E-state index contributed by atoms with van der Waals surface area (Å²) in [6.07, 6.45) is -4.48. The zero-order valence-corrected chi connectivity index (χ0v) is 15.1. The van der Waals surface area contributed by atoms with E-state index >= 15 is 0 Å². The molecule has 1 heterocycles. The van der Waals surface area contributed by atoms with E-state index in [9.17, 15) is 26.4 Å². The fourth-order valence-electron chi connectivity index (χ4n) is 2.01. The summed E-state index contributed by atoms with van der Waals surface area (Å²) < 4.78 is 63.9. The molecular weight excluding hydrogens is 399 g/mol. The molecule has 1 saturated heterocycles. The second-order valence-corrected chi connectivity index (χ2v) is 7.37. The van der Waals surface area contributed by atoms with Gasteiger partial charge in [0, 0.05) is 30.4 Å². The van der Waals surface area contributed by atoms with Crippen molar-refractivity contribution in [3.8, 4) is 0 Å². The largest absolute Gasteiger partial charge is 0.417 e. The number of sulfonamides is 1. The van der Waals surface area contributed by atoms with E-state index in [1.54, 1.807) is 0 Å². The topological polar surface area (TPSA) is 54.5 Å². The Balaban J connectivity index is 0.00000127. The molecule has 0 spiro atoms. The summed E-state index contributed by atoms with van der Waals surface area (Å²) in [6, 6.07) is 2.78. The summed E-state index contributed by atoms with van der Waals surface area (Å²) in [7, 11) is -4.02. The number of hydrogen-bond donors (Lipinski definition) is 0. The van der Waals surface area contributed by atoms with Gasteiger partial charge in [-0.1, -0.05) is 29.8 Å². The molecule has 1 aromatic carbocycles. The fourth-order valence-corrected chi connectivity index (χ4v) is 3.95. The van der Waals surface area contributed by atoms with Gasteiger partial charge >= 0.3 is 6.18 Å². The molecule has 1 aliphatic heterocycles. The zero-order chi connectivity index (χ0) is 17.8. The molecule has 0 bridgehead atoms. The maximum atomic E-state index is 12.8. The van der Waals surface area contributed by atoms with Crippen LogP contribution in [0.3, 0.4) is 0 Å². The van der Waals surface area contributed by atoms with Gasteiger partial charge in [0.2, 0.25) is 10.0 Å². The zero-order valence-electron chi connectivity index (χ0n) is 12.7. The number of rotatable bonds is 2. The first-order chi connectivity index (χ1) is 10.6. The van der Waals surface area contributed by atoms with Crippen molar-refractivity contribution < 1.29 is 26.4 Å². The summed E-state index contributed by atoms with van der Waals surface area (Å²) in [6.45, 7) is 4.00. The highest BCUT2D eigenvalue weighted by molar-refractivity contribution is 9.10. The highest BCUT2D eigenvalue weighted by Gasteiger charge is 2.35. The van der Waals surface area contributed by atoms with Gasteiger partial charge in [-0.05, 0) is 18.2 Å². The van der Waals surface area contributed by atoms with Crippen LogP contribution in [0.5, 0.6) is 0 Å². The van der Waals surface area contributed by atoms with Gasteiger partial charge in [0.1, 0.15) is 5.78 Å². The highest BCUT2D eigenvalue weighted by atomic mass is 79.9. The second-order valence-electron chi connectivity index (χ2n) is 4.58. The maximum absolute atomic E-state index is 12.8. The molecule has 1 aliphatic rings. The van der Waals surface area contributed by atoms with Crippen LogP contribution in [0.25, 0.3) is 0 Å². The first-order valence-corrected chi connectivity index (χ1v) is 9.24. The van der Waals surface area contributed by atoms with Crippen molar-refractivity contribution in [1.82, 2.24) is 4.31 Å². The molecule has 23 heavy (non-hydrogen) atoms. The molecule has 2 rings (SSSR count). The second kappa shape index (κ2) is 7.76. The highest BCUT2D eigenvalue weighted by Crippen LogP contribution is 2.36. The lowest BCUT2D eigenvalue weighted by Crippen LogP contribution is -2.38. The third-order valence-electron chi connectivity index (χ3n) is 3.16. The van der Waals surface area contributed by atoms with Crippen molar-refractivity contribution in [3.63, 3.8) is 0 Å². The predicted molar refractivity (Wildman–Crippen MR) is 83.5 cm³/mol. The summed E-state index contributed by atoms with van der Waals surface area (Å²) in [4.78, 5) is 10.7. The minimum Gasteiger partial charge on any atom is -0.300 e. The molecule has 0 radical (unpaired) electrons. The fraction of sp³-hybridized carbons (Fsp3) is 0.500. The minimum absolute atomic E-state index is 0.00141. The van der Waals surface area contributed by atoms with Crippen molar-refractivity contribution in [1.29, 1.82) is 0 Å². The van der Waals surface area contributed by atoms with Gasteiger partial charge in [0.25, 0.3) is 0 Å². The third-order valence-corrected chi connectivity index (χ3v) is 5.75. The Hall–Kier alpha value is -0.930. The Bertz CT molecular complexity index is 664. The molecule has 130 valence electrons. The quantitative estimate of drug-likeness (QED) is 0.736. The van der Waals surface area contributed by atoms with E-state index in [4.69, 9.17) is 0 Å². The first kappa shape index (κ1) is 20.1. The SMILES string of the molecule is CC.O=C1CCN(S(=O)(=O)c2ccc(Br)c(C(F)(F)F)c2)CC1. The van der Waals surface area contributed by atoms with Gasteiger partial charge in [-0.3, -0.25) is 4.79 Å². The normalized spacial score (nSPS) is 16.7. The lowest BCUT2D eigenvalue weighted by atomic mass is 10.1. The van der Waals surface area contributed by atoms with Crippen LogP contribution >= 0.6 is 15.9 Å². The van der Waals surface area contributed by atoms with E-state index < -0.39 is 26.7 Å². The van der Waals surface area contributed by atoms with E-state index in [1.165, 1.54) is 0 Å². The third kappa shape index (κ3) is 4.77. The van der Waals surface area contributed by atoms with Crippen molar-refractivity contribution in [3.05, 3.63) is 28.2 Å². The Labute approximate surface area is 141 Å². The van der Waals surface area contributed by atoms with Gasteiger partial charge in [-0.25, -0.2) is 8.42 Å². The van der Waals surface area contributed by atoms with Crippen molar-refractivity contribution in [2.24, 2.45) is 0 Å². The molecule has 4 nitrogen and oxygen atoms in total. The average Bonchev–Trinajstić information content (AvgIpc) is 2.49. The summed E-state index contributed by atoms with van der Waals surface area (Å²) >= 11 is 2.76. The average molecular weight is 416 g/mol. The molecule has 0 saturated carbocycles. The monoisotopic (exact) mass is 415 g/mol. The van der Waals surface area contributed by atoms with Crippen LogP contribution in [0, 0.1) is 0 Å². The van der Waals surface area contributed by atoms with E-state index in [0.717, 1.165) is 16.4 Å². The summed E-state index contributed by atoms with van der Waals surface area (Å²) in [5.74, 6) is -0.0479. The first-order valence-electron chi connectivity index (χ1n) is 7.01. The molecule has 0 atom stereocenters. The molecule has 1 fully saturated rings. The number of piperidine rings is 1. The van der Waals surface area contributed by atoms with Crippen LogP contribution < -0.4 is 0 Å². The molecule has 0 N–H and O–H groups in total. The molecule has 0 unspecified atom stereocenters. The van der Waals surface area contributed by atoms with Crippen LogP contribution in [0.2, 0.25) is 0 Å². The minimum atomic E-state index is -4.65. The van der Waals surface area contributed by atoms with E-state index in [-0.39, 0.29) is 36.2 Å². The van der Waals surface area contributed by atoms with Gasteiger partial charge in [0.15, 0.2) is 0 Å². The molecule has 9 heteroatoms. The number of halogens is 4. The number of carbonyl (C=O) groups is 1. The van der Waals surface area contributed by atoms with E-state index in [1.807, 2.05) is 13.8 Å². The number of nitrogens with zero attached hydrogens (tertiary/aromatic N) is 1. The standard InChI is InChI=1S/C12H11BrF3NO3S.C2H6/c13-11-2-1-9(7-10(11)12(14,15)16)21(19,20)17-5-3-8(18)4-6-17;1-2/h1-2,7H,3-6H2;1-2H3. The number of ketones is 1. The van der Waals surface area contributed by atoms with Gasteiger partial charge in [0.05, 0.1) is 10.5 Å². The Morgan fingerprint density at radius 2 is 1.65 bits per heavy atom. The summed E-state index contributed by atoms with van der Waals surface area (Å²) in [5, 5.41) is 0. The van der Waals surface area contributed by atoms with Crippen LogP contribution in [-0.4, -0.2) is 31.6 Å². The molecule has 0 amide bonds. The number of Topliss-reactive ketones (excluding diaryl/α,β-unsaturated/α-hetero) is 1. The van der Waals surface area contributed by atoms with Gasteiger partial charge in [-0.2, -0.15) is 17.5 Å².